The highest BCUT2D eigenvalue weighted by Crippen LogP contribution is 1.59. The summed E-state index contributed by atoms with van der Waals surface area (Å²) in [6, 6.07) is 0. The van der Waals surface area contributed by atoms with Crippen LogP contribution < -0.4 is 9.80 Å². The third-order valence-corrected chi connectivity index (χ3v) is 1.22. The summed E-state index contributed by atoms with van der Waals surface area (Å²) in [7, 11) is 8.64. The molecule has 0 aliphatic rings. The quantitative estimate of drug-likeness (QED) is 0.416. The van der Waals surface area contributed by atoms with E-state index in [9.17, 15) is 0 Å². The van der Waals surface area contributed by atoms with E-state index < -0.39 is 0 Å². The third-order valence-electron chi connectivity index (χ3n) is 1.22. The van der Waals surface area contributed by atoms with E-state index in [0.29, 0.717) is 0 Å². The van der Waals surface area contributed by atoms with Crippen molar-refractivity contribution in [3.05, 3.63) is 12.2 Å². The zero-order chi connectivity index (χ0) is 7.98. The van der Waals surface area contributed by atoms with Crippen LogP contribution in [0.1, 0.15) is 0 Å². The van der Waals surface area contributed by atoms with Gasteiger partial charge in [-0.25, -0.2) is 0 Å². The molecule has 0 saturated carbocycles. The second-order valence-corrected chi connectivity index (χ2v) is 3.29. The molecule has 0 saturated heterocycles. The van der Waals surface area contributed by atoms with Crippen LogP contribution in [0.2, 0.25) is 0 Å². The lowest BCUT2D eigenvalue weighted by Gasteiger charge is -2.03. The Bertz CT molecular complexity index is 83.4. The predicted octanol–water partition coefficient (Wildman–Crippen LogP) is -2.17. The molecule has 0 aromatic carbocycles. The van der Waals surface area contributed by atoms with Crippen molar-refractivity contribution in [3.8, 4) is 0 Å². The molecule has 0 unspecified atom stereocenters. The first-order valence-electron chi connectivity index (χ1n) is 3.86. The lowest BCUT2D eigenvalue weighted by Crippen LogP contribution is -3.06. The van der Waals surface area contributed by atoms with Crippen molar-refractivity contribution in [1.82, 2.24) is 0 Å². The molecule has 0 bridgehead atoms. The Morgan fingerprint density at radius 1 is 0.800 bits per heavy atom. The van der Waals surface area contributed by atoms with Gasteiger partial charge in [0.15, 0.2) is 0 Å². The monoisotopic (exact) mass is 144 g/mol. The fraction of sp³-hybridized carbons (Fsp3) is 0.750. The summed E-state index contributed by atoms with van der Waals surface area (Å²) in [4.78, 5) is 2.95. The Balaban J connectivity index is 3.20. The van der Waals surface area contributed by atoms with Crippen molar-refractivity contribution >= 4 is 0 Å². The van der Waals surface area contributed by atoms with E-state index in [1.807, 2.05) is 0 Å². The zero-order valence-corrected chi connectivity index (χ0v) is 7.57. The van der Waals surface area contributed by atoms with Gasteiger partial charge >= 0.3 is 0 Å². The summed E-state index contributed by atoms with van der Waals surface area (Å²) in [6.45, 7) is 2.26. The third kappa shape index (κ3) is 7.66. The van der Waals surface area contributed by atoms with E-state index in [0.717, 1.165) is 13.1 Å². The average molecular weight is 144 g/mol. The van der Waals surface area contributed by atoms with Crippen molar-refractivity contribution in [3.63, 3.8) is 0 Å². The van der Waals surface area contributed by atoms with Gasteiger partial charge in [0.2, 0.25) is 0 Å². The van der Waals surface area contributed by atoms with E-state index in [1.54, 1.807) is 0 Å². The minimum atomic E-state index is 1.13. The largest absolute Gasteiger partial charge is 0.337 e. The lowest BCUT2D eigenvalue weighted by molar-refractivity contribution is -0.854. The average Bonchev–Trinajstić information content (AvgIpc) is 1.79. The van der Waals surface area contributed by atoms with Gasteiger partial charge < -0.3 is 9.80 Å². The summed E-state index contributed by atoms with van der Waals surface area (Å²) in [5.41, 5.74) is 0. The van der Waals surface area contributed by atoms with Gasteiger partial charge in [-0.3, -0.25) is 0 Å². The minimum absolute atomic E-state index is 1.13. The van der Waals surface area contributed by atoms with Crippen LogP contribution in [0.3, 0.4) is 0 Å². The Morgan fingerprint density at radius 3 is 1.30 bits per heavy atom. The highest BCUT2D eigenvalue weighted by atomic mass is 15.1. The summed E-state index contributed by atoms with van der Waals surface area (Å²) < 4.78 is 0. The number of hydrogen-bond donors (Lipinski definition) is 2. The number of rotatable bonds is 4. The van der Waals surface area contributed by atoms with Crippen LogP contribution in [0, 0.1) is 0 Å². The SMILES string of the molecule is C[NH+](C)C/C=C\C[NH+](C)C. The van der Waals surface area contributed by atoms with Crippen LogP contribution in [0.25, 0.3) is 0 Å². The van der Waals surface area contributed by atoms with Crippen LogP contribution >= 0.6 is 0 Å². The summed E-state index contributed by atoms with van der Waals surface area (Å²) >= 11 is 0. The lowest BCUT2D eigenvalue weighted by atomic mass is 10.4. The van der Waals surface area contributed by atoms with E-state index in [4.69, 9.17) is 0 Å². The normalized spacial score (nSPS) is 12.2. The first-order valence-corrected chi connectivity index (χ1v) is 3.86. The molecule has 2 N–H and O–H groups in total. The van der Waals surface area contributed by atoms with Gasteiger partial charge in [0, 0.05) is 0 Å². The maximum absolute atomic E-state index is 2.24. The molecule has 0 fully saturated rings. The Kier molecular flexibility index (Phi) is 5.26. The van der Waals surface area contributed by atoms with Crippen molar-refractivity contribution in [2.24, 2.45) is 0 Å². The van der Waals surface area contributed by atoms with Gasteiger partial charge in [-0.2, -0.15) is 0 Å². The number of quaternary nitrogens is 2. The maximum Gasteiger partial charge on any atom is 0.0956 e. The summed E-state index contributed by atoms with van der Waals surface area (Å²) in [5.74, 6) is 0. The van der Waals surface area contributed by atoms with E-state index >= 15 is 0 Å². The van der Waals surface area contributed by atoms with Crippen molar-refractivity contribution in [2.75, 3.05) is 41.3 Å². The zero-order valence-electron chi connectivity index (χ0n) is 7.57. The van der Waals surface area contributed by atoms with Crippen molar-refractivity contribution in [2.45, 2.75) is 0 Å². The van der Waals surface area contributed by atoms with Crippen molar-refractivity contribution in [1.29, 1.82) is 0 Å². The Hall–Kier alpha value is -0.340. The van der Waals surface area contributed by atoms with Crippen LogP contribution in [0.5, 0.6) is 0 Å². The molecule has 0 aromatic heterocycles. The fourth-order valence-corrected chi connectivity index (χ4v) is 0.638. The standard InChI is InChI=1S/C8H18N2/c1-9(2)7-5-6-8-10(3)4/h5-6H,7-8H2,1-4H3/p+2/b6-5-. The molecule has 0 aliphatic heterocycles. The first kappa shape index (κ1) is 9.66. The Labute approximate surface area is 64.1 Å². The van der Waals surface area contributed by atoms with E-state index in [2.05, 4.69) is 40.3 Å². The van der Waals surface area contributed by atoms with Crippen molar-refractivity contribution < 1.29 is 9.80 Å². The Morgan fingerprint density at radius 2 is 1.10 bits per heavy atom. The second-order valence-electron chi connectivity index (χ2n) is 3.29. The molecule has 0 spiro atoms. The van der Waals surface area contributed by atoms with Crippen LogP contribution in [0.4, 0.5) is 0 Å². The fourth-order valence-electron chi connectivity index (χ4n) is 0.638. The maximum atomic E-state index is 2.24. The molecular weight excluding hydrogens is 124 g/mol. The molecule has 2 nitrogen and oxygen atoms in total. The number of nitrogens with one attached hydrogen (secondary N) is 2. The number of likely N-dealkylation sites (N-methyl/N-ethyl adjacent to an activating group) is 2. The molecule has 0 radical (unpaired) electrons. The molecule has 0 aliphatic carbocycles. The van der Waals surface area contributed by atoms with E-state index in [-0.39, 0.29) is 0 Å². The van der Waals surface area contributed by atoms with Crippen LogP contribution in [-0.2, 0) is 0 Å². The highest BCUT2D eigenvalue weighted by molar-refractivity contribution is 4.79. The molecular formula is C8H20N2+2. The smallest absolute Gasteiger partial charge is 0.0956 e. The van der Waals surface area contributed by atoms with Gasteiger partial charge in [0.25, 0.3) is 0 Å². The predicted molar refractivity (Wildman–Crippen MR) is 44.5 cm³/mol. The van der Waals surface area contributed by atoms with Crippen LogP contribution in [0.15, 0.2) is 12.2 Å². The summed E-state index contributed by atoms with van der Waals surface area (Å²) in [5, 5.41) is 0. The molecule has 0 heterocycles. The topological polar surface area (TPSA) is 8.88 Å². The minimum Gasteiger partial charge on any atom is -0.337 e. The summed E-state index contributed by atoms with van der Waals surface area (Å²) in [6.07, 6.45) is 4.48. The van der Waals surface area contributed by atoms with Gasteiger partial charge in [0.1, 0.15) is 0 Å². The molecule has 0 rings (SSSR count). The second kappa shape index (κ2) is 5.45. The van der Waals surface area contributed by atoms with Gasteiger partial charge in [-0.1, -0.05) is 0 Å². The number of hydrogen-bond acceptors (Lipinski definition) is 0. The molecule has 60 valence electrons. The van der Waals surface area contributed by atoms with E-state index in [1.165, 1.54) is 9.80 Å². The molecule has 0 amide bonds. The van der Waals surface area contributed by atoms with Gasteiger partial charge in [-0.05, 0) is 12.2 Å². The molecule has 10 heavy (non-hydrogen) atoms. The van der Waals surface area contributed by atoms with Gasteiger partial charge in [0.05, 0.1) is 41.3 Å². The first-order chi connectivity index (χ1) is 4.63. The molecule has 2 heteroatoms. The molecule has 0 atom stereocenters. The highest BCUT2D eigenvalue weighted by Gasteiger charge is 1.87. The van der Waals surface area contributed by atoms with Gasteiger partial charge in [-0.15, -0.1) is 0 Å². The van der Waals surface area contributed by atoms with Crippen LogP contribution in [-0.4, -0.2) is 41.3 Å². The molecule has 0 aromatic rings.